The molecule has 5 nitrogen and oxygen atoms in total. The Balaban J connectivity index is 2.10. The molecule has 1 aliphatic carbocycles. The van der Waals surface area contributed by atoms with Gasteiger partial charge in [-0.15, -0.1) is 0 Å². The molecule has 0 aliphatic heterocycles. The van der Waals surface area contributed by atoms with Crippen LogP contribution in [0.1, 0.15) is 36.0 Å². The normalized spacial score (nSPS) is 16.8. The average molecular weight is 309 g/mol. The summed E-state index contributed by atoms with van der Waals surface area (Å²) in [7, 11) is -1.53. The van der Waals surface area contributed by atoms with E-state index in [2.05, 4.69) is 0 Å². The molecule has 6 heteroatoms. The molecule has 0 unspecified atom stereocenters. The van der Waals surface area contributed by atoms with Gasteiger partial charge in [-0.3, -0.25) is 9.59 Å². The average Bonchev–Trinajstić information content (AvgIpc) is 2.46. The van der Waals surface area contributed by atoms with E-state index in [9.17, 15) is 18.0 Å². The van der Waals surface area contributed by atoms with Crippen molar-refractivity contribution in [2.24, 2.45) is 0 Å². The molecular weight excluding hydrogens is 290 g/mol. The van der Waals surface area contributed by atoms with Crippen LogP contribution in [0.2, 0.25) is 0 Å². The lowest BCUT2D eigenvalue weighted by molar-refractivity contribution is -0.121. The summed E-state index contributed by atoms with van der Waals surface area (Å²) in [5, 5.41) is 0. The van der Waals surface area contributed by atoms with Crippen molar-refractivity contribution in [1.29, 1.82) is 0 Å². The molecule has 1 fully saturated rings. The maximum atomic E-state index is 12.4. The van der Waals surface area contributed by atoms with Crippen LogP contribution < -0.4 is 0 Å². The lowest BCUT2D eigenvalue weighted by Crippen LogP contribution is -2.39. The number of ketones is 1. The fraction of sp³-hybridized carbons (Fsp3) is 0.467. The van der Waals surface area contributed by atoms with Crippen LogP contribution in [0.25, 0.3) is 0 Å². The zero-order valence-electron chi connectivity index (χ0n) is 12.2. The molecule has 0 bridgehead atoms. The summed E-state index contributed by atoms with van der Waals surface area (Å²) < 4.78 is 22.8. The number of carbonyl (C=O) groups excluding carboxylic acids is 2. The number of rotatable bonds is 3. The summed E-state index contributed by atoms with van der Waals surface area (Å²) in [5.41, 5.74) is 0.460. The molecule has 0 N–H and O–H groups in total. The Bertz CT molecular complexity index is 639. The van der Waals surface area contributed by atoms with E-state index in [1.54, 1.807) is 11.9 Å². The summed E-state index contributed by atoms with van der Waals surface area (Å²) in [6.45, 7) is 0. The minimum absolute atomic E-state index is 0.0739. The van der Waals surface area contributed by atoms with Gasteiger partial charge < -0.3 is 4.90 Å². The zero-order chi connectivity index (χ0) is 15.6. The Morgan fingerprint density at radius 3 is 2.14 bits per heavy atom. The fourth-order valence-electron chi connectivity index (χ4n) is 2.53. The molecule has 0 saturated heterocycles. The monoisotopic (exact) mass is 309 g/mol. The third-order valence-corrected chi connectivity index (χ3v) is 5.04. The molecule has 1 amide bonds. The van der Waals surface area contributed by atoms with Crippen LogP contribution in [0.15, 0.2) is 29.2 Å². The second-order valence-corrected chi connectivity index (χ2v) is 7.50. The highest BCUT2D eigenvalue weighted by Gasteiger charge is 2.25. The minimum atomic E-state index is -3.25. The number of hydrogen-bond acceptors (Lipinski definition) is 4. The quantitative estimate of drug-likeness (QED) is 0.851. The molecule has 21 heavy (non-hydrogen) atoms. The number of carbonyl (C=O) groups is 2. The standard InChI is InChI=1S/C15H19NO4S/c1-16(12-5-7-13(17)8-6-12)15(18)11-3-9-14(10-4-11)21(2,19)20/h3-4,9-10,12H,5-8H2,1-2H3. The third-order valence-electron chi connectivity index (χ3n) is 3.91. The van der Waals surface area contributed by atoms with E-state index < -0.39 is 9.84 Å². The van der Waals surface area contributed by atoms with Gasteiger partial charge in [-0.1, -0.05) is 0 Å². The van der Waals surface area contributed by atoms with Gasteiger partial charge in [0.2, 0.25) is 0 Å². The Morgan fingerprint density at radius 1 is 1.14 bits per heavy atom. The fourth-order valence-corrected chi connectivity index (χ4v) is 3.16. The van der Waals surface area contributed by atoms with E-state index in [-0.39, 0.29) is 22.6 Å². The van der Waals surface area contributed by atoms with Gasteiger partial charge in [0, 0.05) is 37.8 Å². The van der Waals surface area contributed by atoms with Crippen molar-refractivity contribution in [2.45, 2.75) is 36.6 Å². The first-order chi connectivity index (χ1) is 9.79. The Labute approximate surface area is 124 Å². The second-order valence-electron chi connectivity index (χ2n) is 5.48. The summed E-state index contributed by atoms with van der Waals surface area (Å²) in [4.78, 5) is 25.5. The highest BCUT2D eigenvalue weighted by molar-refractivity contribution is 7.90. The molecule has 0 aromatic heterocycles. The van der Waals surface area contributed by atoms with E-state index in [0.717, 1.165) is 6.26 Å². The molecule has 1 saturated carbocycles. The Morgan fingerprint density at radius 2 is 1.67 bits per heavy atom. The van der Waals surface area contributed by atoms with Crippen LogP contribution in [0.3, 0.4) is 0 Å². The molecule has 0 spiro atoms. The van der Waals surface area contributed by atoms with Crippen LogP contribution in [-0.4, -0.2) is 44.4 Å². The highest BCUT2D eigenvalue weighted by Crippen LogP contribution is 2.21. The van der Waals surface area contributed by atoms with Crippen molar-refractivity contribution in [1.82, 2.24) is 4.90 Å². The SMILES string of the molecule is CN(C(=O)c1ccc(S(C)(=O)=O)cc1)C1CCC(=O)CC1. The predicted octanol–water partition coefficient (Wildman–Crippen LogP) is 1.67. The smallest absolute Gasteiger partial charge is 0.253 e. The molecule has 1 aromatic rings. The molecule has 0 atom stereocenters. The number of benzene rings is 1. The number of hydrogen-bond donors (Lipinski definition) is 0. The maximum absolute atomic E-state index is 12.4. The van der Waals surface area contributed by atoms with Crippen LogP contribution in [0.4, 0.5) is 0 Å². The summed E-state index contributed by atoms with van der Waals surface area (Å²) >= 11 is 0. The molecule has 1 aromatic carbocycles. The second kappa shape index (κ2) is 5.97. The Hall–Kier alpha value is -1.69. The predicted molar refractivity (Wildman–Crippen MR) is 78.9 cm³/mol. The third kappa shape index (κ3) is 3.69. The van der Waals surface area contributed by atoms with E-state index >= 15 is 0 Å². The number of amides is 1. The summed E-state index contributed by atoms with van der Waals surface area (Å²) in [6.07, 6.45) is 3.57. The van der Waals surface area contributed by atoms with E-state index in [4.69, 9.17) is 0 Å². The van der Waals surface area contributed by atoms with Crippen molar-refractivity contribution in [3.8, 4) is 0 Å². The number of nitrogens with zero attached hydrogens (tertiary/aromatic N) is 1. The Kier molecular flexibility index (Phi) is 4.46. The van der Waals surface area contributed by atoms with Gasteiger partial charge in [0.25, 0.3) is 5.91 Å². The van der Waals surface area contributed by atoms with Gasteiger partial charge in [-0.2, -0.15) is 0 Å². The van der Waals surface area contributed by atoms with Gasteiger partial charge in [-0.25, -0.2) is 8.42 Å². The van der Waals surface area contributed by atoms with Gasteiger partial charge in [0.05, 0.1) is 4.90 Å². The summed E-state index contributed by atoms with van der Waals surface area (Å²) in [5.74, 6) is 0.110. The van der Waals surface area contributed by atoms with Gasteiger partial charge >= 0.3 is 0 Å². The van der Waals surface area contributed by atoms with Crippen molar-refractivity contribution in [3.63, 3.8) is 0 Å². The summed E-state index contributed by atoms with van der Waals surface area (Å²) in [6, 6.07) is 6.03. The molecule has 1 aliphatic rings. The zero-order valence-corrected chi connectivity index (χ0v) is 13.0. The van der Waals surface area contributed by atoms with Crippen LogP contribution in [-0.2, 0) is 14.6 Å². The van der Waals surface area contributed by atoms with Crippen LogP contribution >= 0.6 is 0 Å². The molecule has 0 heterocycles. The molecule has 2 rings (SSSR count). The van der Waals surface area contributed by atoms with E-state index in [1.807, 2.05) is 0 Å². The van der Waals surface area contributed by atoms with Crippen LogP contribution in [0.5, 0.6) is 0 Å². The largest absolute Gasteiger partial charge is 0.339 e. The molecule has 114 valence electrons. The van der Waals surface area contributed by atoms with Crippen molar-refractivity contribution in [2.75, 3.05) is 13.3 Å². The number of Topliss-reactive ketones (excluding diaryl/α,β-unsaturated/α-hetero) is 1. The lowest BCUT2D eigenvalue weighted by Gasteiger charge is -2.30. The van der Waals surface area contributed by atoms with Gasteiger partial charge in [-0.05, 0) is 37.1 Å². The first-order valence-electron chi connectivity index (χ1n) is 6.88. The van der Waals surface area contributed by atoms with Gasteiger partial charge in [0.1, 0.15) is 5.78 Å². The highest BCUT2D eigenvalue weighted by atomic mass is 32.2. The minimum Gasteiger partial charge on any atom is -0.339 e. The lowest BCUT2D eigenvalue weighted by atomic mass is 9.93. The molecular formula is C15H19NO4S. The van der Waals surface area contributed by atoms with Crippen LogP contribution in [0, 0.1) is 0 Å². The van der Waals surface area contributed by atoms with Crippen molar-refractivity contribution < 1.29 is 18.0 Å². The molecule has 0 radical (unpaired) electrons. The first kappa shape index (κ1) is 15.7. The topological polar surface area (TPSA) is 71.5 Å². The maximum Gasteiger partial charge on any atom is 0.253 e. The number of sulfone groups is 1. The van der Waals surface area contributed by atoms with Gasteiger partial charge in [0.15, 0.2) is 9.84 Å². The van der Waals surface area contributed by atoms with Crippen molar-refractivity contribution in [3.05, 3.63) is 29.8 Å². The van der Waals surface area contributed by atoms with Crippen molar-refractivity contribution >= 4 is 21.5 Å². The first-order valence-corrected chi connectivity index (χ1v) is 8.77. The van der Waals surface area contributed by atoms with E-state index in [1.165, 1.54) is 24.3 Å². The van der Waals surface area contributed by atoms with E-state index in [0.29, 0.717) is 31.2 Å².